The second-order valence-electron chi connectivity index (χ2n) is 3.88. The van der Waals surface area contributed by atoms with Gasteiger partial charge in [-0.15, -0.1) is 11.3 Å². The van der Waals surface area contributed by atoms with E-state index in [-0.39, 0.29) is 5.75 Å². The average Bonchev–Trinajstić information content (AvgIpc) is 2.85. The van der Waals surface area contributed by atoms with E-state index >= 15 is 0 Å². The third-order valence-electron chi connectivity index (χ3n) is 2.43. The number of carboxylic acid groups (broad SMARTS) is 1. The molecular weight excluding hydrogens is 282 g/mol. The third kappa shape index (κ3) is 3.48. The molecule has 100 valence electrons. The van der Waals surface area contributed by atoms with Crippen LogP contribution in [0.4, 0.5) is 0 Å². The topological polar surface area (TPSA) is 59.4 Å². The van der Waals surface area contributed by atoms with Gasteiger partial charge in [0.2, 0.25) is 0 Å². The van der Waals surface area contributed by atoms with Crippen LogP contribution >= 0.6 is 23.1 Å². The molecule has 1 aromatic carbocycles. The zero-order chi connectivity index (χ0) is 13.8. The molecule has 1 aromatic heterocycles. The van der Waals surface area contributed by atoms with Gasteiger partial charge in [-0.05, 0) is 19.1 Å². The van der Waals surface area contributed by atoms with Crippen molar-refractivity contribution in [2.24, 2.45) is 0 Å². The molecule has 0 radical (unpaired) electrons. The van der Waals surface area contributed by atoms with E-state index in [1.165, 1.54) is 23.1 Å². The van der Waals surface area contributed by atoms with E-state index in [0.29, 0.717) is 0 Å². The number of hydrogen-bond donors (Lipinski definition) is 1. The largest absolute Gasteiger partial charge is 0.496 e. The predicted molar refractivity (Wildman–Crippen MR) is 77.2 cm³/mol. The van der Waals surface area contributed by atoms with Gasteiger partial charge >= 0.3 is 5.97 Å². The Morgan fingerprint density at radius 3 is 3.00 bits per heavy atom. The molecule has 1 heterocycles. The molecule has 0 spiro atoms. The van der Waals surface area contributed by atoms with Crippen molar-refractivity contribution in [2.75, 3.05) is 12.9 Å². The Bertz CT molecular complexity index is 595. The van der Waals surface area contributed by atoms with E-state index in [9.17, 15) is 4.79 Å². The molecule has 1 N–H and O–H groups in total. The smallest absolute Gasteiger partial charge is 0.313 e. The maximum absolute atomic E-state index is 10.5. The van der Waals surface area contributed by atoms with Crippen LogP contribution in [0.1, 0.15) is 5.56 Å². The molecule has 4 nitrogen and oxygen atoms in total. The van der Waals surface area contributed by atoms with Gasteiger partial charge in [-0.25, -0.2) is 4.98 Å². The summed E-state index contributed by atoms with van der Waals surface area (Å²) in [6, 6.07) is 5.91. The fraction of sp³-hybridized carbons (Fsp3) is 0.231. The standard InChI is InChI=1S/C13H13NO3S2/c1-8-3-4-11(17-2)9(5-8)10-6-18-13(14-10)19-7-12(15)16/h3-6H,7H2,1-2H3,(H,15,16). The molecule has 2 rings (SSSR count). The summed E-state index contributed by atoms with van der Waals surface area (Å²) in [6.45, 7) is 2.01. The van der Waals surface area contributed by atoms with Crippen LogP contribution in [0.3, 0.4) is 0 Å². The molecule has 0 bridgehead atoms. The van der Waals surface area contributed by atoms with Crippen molar-refractivity contribution >= 4 is 29.1 Å². The number of aliphatic carboxylic acids is 1. The van der Waals surface area contributed by atoms with E-state index in [1.807, 2.05) is 30.5 Å². The van der Waals surface area contributed by atoms with Crippen molar-refractivity contribution < 1.29 is 14.6 Å². The first-order valence-corrected chi connectivity index (χ1v) is 7.42. The highest BCUT2D eigenvalue weighted by Gasteiger charge is 2.11. The number of methoxy groups -OCH3 is 1. The number of aryl methyl sites for hydroxylation is 1. The van der Waals surface area contributed by atoms with Gasteiger partial charge in [0.25, 0.3) is 0 Å². The van der Waals surface area contributed by atoms with Crippen molar-refractivity contribution in [1.29, 1.82) is 0 Å². The average molecular weight is 295 g/mol. The molecule has 2 aromatic rings. The highest BCUT2D eigenvalue weighted by molar-refractivity contribution is 8.01. The number of nitrogens with zero attached hydrogens (tertiary/aromatic N) is 1. The molecule has 0 fully saturated rings. The fourth-order valence-corrected chi connectivity index (χ4v) is 3.14. The summed E-state index contributed by atoms with van der Waals surface area (Å²) in [6.07, 6.45) is 0. The van der Waals surface area contributed by atoms with Crippen LogP contribution in [-0.2, 0) is 4.79 Å². The summed E-state index contributed by atoms with van der Waals surface area (Å²) in [5.74, 6) is -0.0432. The molecule has 0 amide bonds. The molecule has 0 unspecified atom stereocenters. The van der Waals surface area contributed by atoms with Gasteiger partial charge in [-0.2, -0.15) is 0 Å². The lowest BCUT2D eigenvalue weighted by atomic mass is 10.1. The lowest BCUT2D eigenvalue weighted by Crippen LogP contribution is -1.97. The first-order chi connectivity index (χ1) is 9.10. The van der Waals surface area contributed by atoms with Gasteiger partial charge in [-0.1, -0.05) is 23.4 Å². The maximum atomic E-state index is 10.5. The summed E-state index contributed by atoms with van der Waals surface area (Å²) < 4.78 is 6.08. The molecule has 0 aliphatic heterocycles. The Labute approximate surface area is 119 Å². The van der Waals surface area contributed by atoms with Gasteiger partial charge in [0.1, 0.15) is 5.75 Å². The lowest BCUT2D eigenvalue weighted by Gasteiger charge is -2.06. The Balaban J connectivity index is 2.27. The third-order valence-corrected chi connectivity index (χ3v) is 4.44. The number of benzene rings is 1. The van der Waals surface area contributed by atoms with E-state index in [0.717, 1.165) is 26.9 Å². The van der Waals surface area contributed by atoms with Gasteiger partial charge in [0, 0.05) is 10.9 Å². The minimum Gasteiger partial charge on any atom is -0.496 e. The fourth-order valence-electron chi connectivity index (χ4n) is 1.59. The Hall–Kier alpha value is -1.53. The van der Waals surface area contributed by atoms with Gasteiger partial charge in [-0.3, -0.25) is 4.79 Å². The Morgan fingerprint density at radius 2 is 2.32 bits per heavy atom. The summed E-state index contributed by atoms with van der Waals surface area (Å²) in [4.78, 5) is 15.0. The minimum atomic E-state index is -0.838. The molecule has 0 aliphatic rings. The number of carbonyl (C=O) groups is 1. The molecule has 0 aliphatic carbocycles. The van der Waals surface area contributed by atoms with Gasteiger partial charge in [0.05, 0.1) is 18.6 Å². The highest BCUT2D eigenvalue weighted by Crippen LogP contribution is 2.34. The van der Waals surface area contributed by atoms with Crippen LogP contribution in [0.2, 0.25) is 0 Å². The van der Waals surface area contributed by atoms with Crippen LogP contribution in [0.5, 0.6) is 5.75 Å². The quantitative estimate of drug-likeness (QED) is 0.858. The second-order valence-corrected chi connectivity index (χ2v) is 5.97. The molecule has 19 heavy (non-hydrogen) atoms. The summed E-state index contributed by atoms with van der Waals surface area (Å²) in [5.41, 5.74) is 2.88. The van der Waals surface area contributed by atoms with Crippen LogP contribution in [0.25, 0.3) is 11.3 Å². The lowest BCUT2D eigenvalue weighted by molar-refractivity contribution is -0.133. The van der Waals surface area contributed by atoms with Crippen molar-refractivity contribution in [2.45, 2.75) is 11.3 Å². The Morgan fingerprint density at radius 1 is 1.53 bits per heavy atom. The van der Waals surface area contributed by atoms with Crippen LogP contribution in [0, 0.1) is 6.92 Å². The molecule has 0 saturated carbocycles. The Kier molecular flexibility index (Phi) is 4.44. The minimum absolute atomic E-state index is 0.0257. The van der Waals surface area contributed by atoms with Crippen LogP contribution < -0.4 is 4.74 Å². The highest BCUT2D eigenvalue weighted by atomic mass is 32.2. The summed E-state index contributed by atoms with van der Waals surface area (Å²) in [7, 11) is 1.63. The van der Waals surface area contributed by atoms with Gasteiger partial charge in [0.15, 0.2) is 4.34 Å². The van der Waals surface area contributed by atoms with Crippen molar-refractivity contribution in [3.8, 4) is 17.0 Å². The number of ether oxygens (including phenoxy) is 1. The first kappa shape index (κ1) is 13.9. The predicted octanol–water partition coefficient (Wildman–Crippen LogP) is 3.30. The normalized spacial score (nSPS) is 10.4. The molecule has 0 atom stereocenters. The first-order valence-electron chi connectivity index (χ1n) is 5.55. The second kappa shape index (κ2) is 6.08. The summed E-state index contributed by atoms with van der Waals surface area (Å²) >= 11 is 2.67. The van der Waals surface area contributed by atoms with E-state index in [1.54, 1.807) is 7.11 Å². The van der Waals surface area contributed by atoms with Crippen molar-refractivity contribution in [3.63, 3.8) is 0 Å². The van der Waals surface area contributed by atoms with E-state index in [2.05, 4.69) is 4.98 Å². The number of thiazole rings is 1. The molecule has 0 saturated heterocycles. The van der Waals surface area contributed by atoms with Crippen molar-refractivity contribution in [3.05, 3.63) is 29.1 Å². The van der Waals surface area contributed by atoms with Crippen LogP contribution in [-0.4, -0.2) is 28.9 Å². The molecule has 6 heteroatoms. The zero-order valence-electron chi connectivity index (χ0n) is 10.5. The van der Waals surface area contributed by atoms with E-state index in [4.69, 9.17) is 9.84 Å². The number of rotatable bonds is 5. The van der Waals surface area contributed by atoms with Crippen LogP contribution in [0.15, 0.2) is 27.9 Å². The number of thioether (sulfide) groups is 1. The maximum Gasteiger partial charge on any atom is 0.313 e. The monoisotopic (exact) mass is 295 g/mol. The zero-order valence-corrected chi connectivity index (χ0v) is 12.2. The number of hydrogen-bond acceptors (Lipinski definition) is 5. The van der Waals surface area contributed by atoms with E-state index < -0.39 is 5.97 Å². The van der Waals surface area contributed by atoms with Crippen molar-refractivity contribution in [1.82, 2.24) is 4.98 Å². The molecular formula is C13H13NO3S2. The number of carboxylic acids is 1. The SMILES string of the molecule is COc1ccc(C)cc1-c1csc(SCC(=O)O)n1. The van der Waals surface area contributed by atoms with Gasteiger partial charge < -0.3 is 9.84 Å². The number of aromatic nitrogens is 1. The summed E-state index contributed by atoms with van der Waals surface area (Å²) in [5, 5.41) is 10.6.